The lowest BCUT2D eigenvalue weighted by molar-refractivity contribution is -0.134. The summed E-state index contributed by atoms with van der Waals surface area (Å²) < 4.78 is 0. The van der Waals surface area contributed by atoms with Gasteiger partial charge in [0.2, 0.25) is 11.8 Å². The largest absolute Gasteiger partial charge is 0.352 e. The highest BCUT2D eigenvalue weighted by atomic mass is 16.2. The molecular formula is C18H33N3O2. The van der Waals surface area contributed by atoms with Gasteiger partial charge in [0, 0.05) is 26.1 Å². The van der Waals surface area contributed by atoms with Crippen molar-refractivity contribution in [2.75, 3.05) is 33.7 Å². The Kier molecular flexibility index (Phi) is 7.34. The van der Waals surface area contributed by atoms with Crippen molar-refractivity contribution in [3.05, 3.63) is 0 Å². The van der Waals surface area contributed by atoms with Gasteiger partial charge in [0.15, 0.2) is 0 Å². The van der Waals surface area contributed by atoms with E-state index in [-0.39, 0.29) is 17.7 Å². The van der Waals surface area contributed by atoms with E-state index in [1.54, 1.807) is 4.90 Å². The Balaban J connectivity index is 1.68. The molecule has 0 aromatic rings. The summed E-state index contributed by atoms with van der Waals surface area (Å²) in [4.78, 5) is 28.1. The minimum atomic E-state index is 0.134. The quantitative estimate of drug-likeness (QED) is 0.861. The van der Waals surface area contributed by atoms with Crippen LogP contribution in [0.15, 0.2) is 0 Å². The van der Waals surface area contributed by atoms with Crippen LogP contribution in [0.5, 0.6) is 0 Å². The zero-order valence-electron chi connectivity index (χ0n) is 14.9. The highest BCUT2D eigenvalue weighted by Crippen LogP contribution is 2.19. The van der Waals surface area contributed by atoms with Crippen LogP contribution in [-0.4, -0.2) is 61.4 Å². The molecule has 0 bridgehead atoms. The van der Waals surface area contributed by atoms with Gasteiger partial charge < -0.3 is 10.2 Å². The molecule has 0 radical (unpaired) electrons. The number of hydrogen-bond acceptors (Lipinski definition) is 3. The topological polar surface area (TPSA) is 52.7 Å². The first-order valence-electron chi connectivity index (χ1n) is 9.29. The number of nitrogens with one attached hydrogen (secondary N) is 1. The summed E-state index contributed by atoms with van der Waals surface area (Å²) in [6, 6.07) is 0.371. The number of piperidine rings is 1. The molecular weight excluding hydrogens is 290 g/mol. The first-order valence-corrected chi connectivity index (χ1v) is 9.29. The number of likely N-dealkylation sites (tertiary alicyclic amines) is 1. The molecule has 1 saturated carbocycles. The third-order valence-corrected chi connectivity index (χ3v) is 5.22. The van der Waals surface area contributed by atoms with E-state index in [9.17, 15) is 9.59 Å². The smallest absolute Gasteiger partial charge is 0.234 e. The summed E-state index contributed by atoms with van der Waals surface area (Å²) in [5.41, 5.74) is 0. The normalized spacial score (nSPS) is 22.2. The molecule has 1 saturated heterocycles. The zero-order valence-corrected chi connectivity index (χ0v) is 14.9. The van der Waals surface area contributed by atoms with Crippen molar-refractivity contribution in [1.82, 2.24) is 15.1 Å². The Morgan fingerprint density at radius 3 is 2.09 bits per heavy atom. The van der Waals surface area contributed by atoms with Gasteiger partial charge in [0.1, 0.15) is 0 Å². The molecule has 132 valence electrons. The van der Waals surface area contributed by atoms with Crippen LogP contribution in [0, 0.1) is 5.92 Å². The minimum Gasteiger partial charge on any atom is -0.352 e. The third kappa shape index (κ3) is 6.13. The molecule has 0 unspecified atom stereocenters. The van der Waals surface area contributed by atoms with Gasteiger partial charge in [0.05, 0.1) is 6.54 Å². The van der Waals surface area contributed by atoms with E-state index in [1.807, 2.05) is 14.1 Å². The van der Waals surface area contributed by atoms with Crippen molar-refractivity contribution in [3.63, 3.8) is 0 Å². The highest BCUT2D eigenvalue weighted by molar-refractivity contribution is 5.79. The van der Waals surface area contributed by atoms with Crippen LogP contribution in [-0.2, 0) is 9.59 Å². The number of rotatable bonds is 4. The lowest BCUT2D eigenvalue weighted by Gasteiger charge is -2.32. The first-order chi connectivity index (χ1) is 11.1. The Hall–Kier alpha value is -1.10. The second kappa shape index (κ2) is 9.26. The number of hydrogen-bond donors (Lipinski definition) is 1. The fraction of sp³-hybridized carbons (Fsp3) is 0.889. The van der Waals surface area contributed by atoms with E-state index in [4.69, 9.17) is 0 Å². The molecule has 0 aromatic heterocycles. The highest BCUT2D eigenvalue weighted by Gasteiger charge is 2.27. The molecule has 0 aromatic carbocycles. The van der Waals surface area contributed by atoms with Crippen molar-refractivity contribution in [2.24, 2.45) is 5.92 Å². The Morgan fingerprint density at radius 2 is 1.52 bits per heavy atom. The van der Waals surface area contributed by atoms with Crippen molar-refractivity contribution in [1.29, 1.82) is 0 Å². The second-order valence-corrected chi connectivity index (χ2v) is 7.39. The molecule has 2 rings (SSSR count). The van der Waals surface area contributed by atoms with Crippen LogP contribution in [0.25, 0.3) is 0 Å². The van der Waals surface area contributed by atoms with Gasteiger partial charge in [-0.1, -0.05) is 32.1 Å². The summed E-state index contributed by atoms with van der Waals surface area (Å²) in [7, 11) is 3.63. The number of nitrogens with zero attached hydrogens (tertiary/aromatic N) is 2. The van der Waals surface area contributed by atoms with Crippen molar-refractivity contribution in [2.45, 2.75) is 63.8 Å². The van der Waals surface area contributed by atoms with Gasteiger partial charge in [-0.05, 0) is 38.8 Å². The van der Waals surface area contributed by atoms with E-state index in [1.165, 1.54) is 32.1 Å². The molecule has 0 spiro atoms. The first kappa shape index (κ1) is 18.2. The van der Waals surface area contributed by atoms with E-state index in [0.29, 0.717) is 12.6 Å². The lowest BCUT2D eigenvalue weighted by atomic mass is 9.95. The second-order valence-electron chi connectivity index (χ2n) is 7.39. The Bertz CT molecular complexity index is 382. The summed E-state index contributed by atoms with van der Waals surface area (Å²) in [6.07, 6.45) is 10.4. The van der Waals surface area contributed by atoms with Gasteiger partial charge in [-0.2, -0.15) is 0 Å². The van der Waals surface area contributed by atoms with E-state index >= 15 is 0 Å². The molecule has 1 aliphatic heterocycles. The third-order valence-electron chi connectivity index (χ3n) is 5.22. The van der Waals surface area contributed by atoms with Gasteiger partial charge in [-0.15, -0.1) is 0 Å². The van der Waals surface area contributed by atoms with E-state index < -0.39 is 0 Å². The van der Waals surface area contributed by atoms with Crippen LogP contribution in [0.4, 0.5) is 0 Å². The van der Waals surface area contributed by atoms with Crippen LogP contribution >= 0.6 is 0 Å². The molecule has 2 fully saturated rings. The summed E-state index contributed by atoms with van der Waals surface area (Å²) in [5, 5.41) is 3.23. The number of carbonyl (C=O) groups excluding carboxylic acids is 2. The standard InChI is InChI=1S/C18H33N3O2/c1-20(2)18(23)15-10-12-21(13-11-15)14-17(22)19-16-8-6-4-3-5-7-9-16/h15-16H,3-14H2,1-2H3,(H,19,22). The van der Waals surface area contributed by atoms with Gasteiger partial charge in [0.25, 0.3) is 0 Å². The van der Waals surface area contributed by atoms with Crippen LogP contribution in [0.1, 0.15) is 57.8 Å². The Labute approximate surface area is 140 Å². The fourth-order valence-electron chi connectivity index (χ4n) is 3.78. The summed E-state index contributed by atoms with van der Waals surface area (Å²) in [5.74, 6) is 0.520. The monoisotopic (exact) mass is 323 g/mol. The number of carbonyl (C=O) groups is 2. The summed E-state index contributed by atoms with van der Waals surface area (Å²) in [6.45, 7) is 2.18. The van der Waals surface area contributed by atoms with Crippen molar-refractivity contribution in [3.8, 4) is 0 Å². The molecule has 1 N–H and O–H groups in total. The summed E-state index contributed by atoms with van der Waals surface area (Å²) >= 11 is 0. The Morgan fingerprint density at radius 1 is 0.957 bits per heavy atom. The molecule has 1 aliphatic carbocycles. The maximum atomic E-state index is 12.3. The minimum absolute atomic E-state index is 0.134. The predicted octanol–water partition coefficient (Wildman–Crippen LogP) is 2.02. The predicted molar refractivity (Wildman–Crippen MR) is 92.1 cm³/mol. The molecule has 2 amide bonds. The molecule has 23 heavy (non-hydrogen) atoms. The van der Waals surface area contributed by atoms with Crippen LogP contribution in [0.2, 0.25) is 0 Å². The van der Waals surface area contributed by atoms with Gasteiger partial charge in [-0.25, -0.2) is 0 Å². The average molecular weight is 323 g/mol. The average Bonchev–Trinajstić information content (AvgIpc) is 2.50. The molecule has 2 aliphatic rings. The van der Waals surface area contributed by atoms with Crippen LogP contribution in [0.3, 0.4) is 0 Å². The SMILES string of the molecule is CN(C)C(=O)C1CCN(CC(=O)NC2CCCCCCC2)CC1. The van der Waals surface area contributed by atoms with Crippen LogP contribution < -0.4 is 5.32 Å². The maximum absolute atomic E-state index is 12.3. The molecule has 1 heterocycles. The molecule has 5 heteroatoms. The van der Waals surface area contributed by atoms with Crippen molar-refractivity contribution < 1.29 is 9.59 Å². The zero-order chi connectivity index (χ0) is 16.7. The van der Waals surface area contributed by atoms with Gasteiger partial charge in [-0.3, -0.25) is 14.5 Å². The van der Waals surface area contributed by atoms with E-state index in [0.717, 1.165) is 38.8 Å². The molecule has 0 atom stereocenters. The lowest BCUT2D eigenvalue weighted by Crippen LogP contribution is -2.46. The number of amides is 2. The van der Waals surface area contributed by atoms with E-state index in [2.05, 4.69) is 10.2 Å². The maximum Gasteiger partial charge on any atom is 0.234 e. The molecule has 5 nitrogen and oxygen atoms in total. The van der Waals surface area contributed by atoms with Crippen molar-refractivity contribution >= 4 is 11.8 Å². The fourth-order valence-corrected chi connectivity index (χ4v) is 3.78. The van der Waals surface area contributed by atoms with Gasteiger partial charge >= 0.3 is 0 Å².